The molecule has 0 radical (unpaired) electrons. The van der Waals surface area contributed by atoms with Crippen molar-refractivity contribution in [3.8, 4) is 55.9 Å². The first-order chi connectivity index (χ1) is 56.5. The molecule has 0 aliphatic heterocycles. The molecule has 19 aromatic carbocycles. The maximum Gasteiger partial charge on any atom is 0.143 e. The van der Waals surface area contributed by atoms with Gasteiger partial charge in [-0.15, -0.1) is 11.3 Å². The van der Waals surface area contributed by atoms with Crippen molar-refractivity contribution < 1.29 is 4.42 Å². The Morgan fingerprint density at radius 2 is 0.640 bits per heavy atom. The lowest BCUT2D eigenvalue weighted by Gasteiger charge is -2.27. The monoisotopic (exact) mass is 1470 g/mol. The molecule has 534 valence electrons. The number of hydrogen-bond acceptors (Lipinski definition) is 4. The van der Waals surface area contributed by atoms with Gasteiger partial charge in [-0.2, -0.15) is 0 Å². The Morgan fingerprint density at radius 3 is 1.29 bits per heavy atom. The standard InChI is InChI=1S/C58H38N2S.C50H32N2O/c1-3-13-39(14-4-1)40-25-29-47(30-26-40)59(49-31-34-57-54(38-49)52-32-27-41-15-7-8-22-50(41)58(52)61-57)48-21-12-18-44(36-48)42-16-11-17-43(35-42)45-28-33-56-53(37-45)51-23-9-10-24-55(51)60(56)46-19-5-2-6-20-46;1-2-15-37(16-3-1)51-45-20-9-8-19-41(45)43-32-36(27-31-46(43)51)33-24-28-38(29-25-33)52(44-21-10-14-34-12-4-6-17-39(34)44)47-22-11-23-48-49(47)42-30-26-35-13-5-7-18-40(35)50(42)53-48/h1-38H;1-32H. The second kappa shape index (κ2) is 27.6. The lowest BCUT2D eigenvalue weighted by atomic mass is 9.97. The van der Waals surface area contributed by atoms with Crippen LogP contribution < -0.4 is 9.80 Å². The minimum absolute atomic E-state index is 0.874. The maximum absolute atomic E-state index is 6.66. The molecule has 0 unspecified atom stereocenters. The number of rotatable bonds is 12. The molecule has 0 aliphatic rings. The minimum Gasteiger partial charge on any atom is -0.455 e. The van der Waals surface area contributed by atoms with E-state index in [2.05, 4.69) is 444 Å². The highest BCUT2D eigenvalue weighted by atomic mass is 32.1. The SMILES string of the molecule is c1ccc(-c2ccc(N(c3cccc(-c4cccc(-c5ccc6c(c5)c5ccccc5n6-c5ccccc5)c4)c3)c3ccc4sc5c6ccccc6ccc5c4c3)cc2)cc1.c1ccc(-n2c3ccccc3c3cc(-c4ccc(N(c5cccc6ccccc56)c5cccc6oc7c8ccccc8ccc7c56)cc4)ccc32)cc1. The molecule has 4 heterocycles. The summed E-state index contributed by atoms with van der Waals surface area (Å²) in [6.45, 7) is 0. The summed E-state index contributed by atoms with van der Waals surface area (Å²) < 4.78 is 14.0. The fraction of sp³-hybridized carbons (Fsp3) is 0. The number of anilines is 6. The van der Waals surface area contributed by atoms with Crippen molar-refractivity contribution in [3.05, 3.63) is 425 Å². The molecule has 4 aromatic heterocycles. The molecule has 0 amide bonds. The Hall–Kier alpha value is -14.8. The average molecular weight is 1470 g/mol. The molecule has 0 N–H and O–H groups in total. The quantitative estimate of drug-likeness (QED) is 0.122. The number of para-hydroxylation sites is 4. The molecule has 0 atom stereocenters. The van der Waals surface area contributed by atoms with E-state index in [0.29, 0.717) is 0 Å². The number of aromatic nitrogens is 2. The summed E-state index contributed by atoms with van der Waals surface area (Å²) in [5.74, 6) is 0. The molecule has 0 saturated carbocycles. The van der Waals surface area contributed by atoms with E-state index in [4.69, 9.17) is 4.42 Å². The Bertz CT molecular complexity index is 7660. The van der Waals surface area contributed by atoms with Crippen LogP contribution in [0.1, 0.15) is 0 Å². The zero-order chi connectivity index (χ0) is 75.2. The summed E-state index contributed by atoms with van der Waals surface area (Å²) in [6, 6.07) is 154. The normalized spacial score (nSPS) is 11.7. The van der Waals surface area contributed by atoms with Gasteiger partial charge in [-0.1, -0.05) is 279 Å². The van der Waals surface area contributed by atoms with Crippen molar-refractivity contribution in [2.45, 2.75) is 0 Å². The smallest absolute Gasteiger partial charge is 0.143 e. The van der Waals surface area contributed by atoms with Crippen LogP contribution in [0, 0.1) is 0 Å². The summed E-state index contributed by atoms with van der Waals surface area (Å²) in [7, 11) is 0. The van der Waals surface area contributed by atoms with Crippen molar-refractivity contribution in [2.75, 3.05) is 9.80 Å². The van der Waals surface area contributed by atoms with Crippen molar-refractivity contribution in [1.29, 1.82) is 0 Å². The van der Waals surface area contributed by atoms with Crippen LogP contribution in [0.4, 0.5) is 34.1 Å². The van der Waals surface area contributed by atoms with Gasteiger partial charge in [-0.05, 0) is 212 Å². The molecular formula is C108H70N4OS. The second-order valence-corrected chi connectivity index (χ2v) is 30.5. The van der Waals surface area contributed by atoms with Crippen LogP contribution in [0.5, 0.6) is 0 Å². The molecule has 0 aliphatic carbocycles. The number of furan rings is 1. The van der Waals surface area contributed by atoms with Gasteiger partial charge in [0.25, 0.3) is 0 Å². The molecular weight excluding hydrogens is 1400 g/mol. The van der Waals surface area contributed by atoms with E-state index in [0.717, 1.165) is 67.1 Å². The van der Waals surface area contributed by atoms with Crippen LogP contribution >= 0.6 is 11.3 Å². The zero-order valence-electron chi connectivity index (χ0n) is 62.0. The number of thiophene rings is 1. The third-order valence-electron chi connectivity index (χ3n) is 22.9. The molecule has 23 aromatic rings. The topological polar surface area (TPSA) is 29.5 Å². The van der Waals surface area contributed by atoms with E-state index in [-0.39, 0.29) is 0 Å². The van der Waals surface area contributed by atoms with Gasteiger partial charge in [-0.25, -0.2) is 0 Å². The van der Waals surface area contributed by atoms with E-state index < -0.39 is 0 Å². The van der Waals surface area contributed by atoms with Crippen LogP contribution in [-0.4, -0.2) is 9.13 Å². The predicted octanol–water partition coefficient (Wildman–Crippen LogP) is 30.9. The fourth-order valence-corrected chi connectivity index (χ4v) is 18.8. The largest absolute Gasteiger partial charge is 0.455 e. The van der Waals surface area contributed by atoms with Crippen molar-refractivity contribution in [3.63, 3.8) is 0 Å². The van der Waals surface area contributed by atoms with E-state index in [9.17, 15) is 0 Å². The fourth-order valence-electron chi connectivity index (χ4n) is 17.6. The van der Waals surface area contributed by atoms with Gasteiger partial charge in [-0.3, -0.25) is 0 Å². The third kappa shape index (κ3) is 11.4. The first-order valence-electron chi connectivity index (χ1n) is 38.9. The Kier molecular flexibility index (Phi) is 16.0. The number of benzene rings is 19. The Morgan fingerprint density at radius 1 is 0.219 bits per heavy atom. The highest BCUT2D eigenvalue weighted by Gasteiger charge is 2.24. The maximum atomic E-state index is 6.66. The Labute approximate surface area is 662 Å². The van der Waals surface area contributed by atoms with Gasteiger partial charge in [0.15, 0.2) is 0 Å². The lowest BCUT2D eigenvalue weighted by Crippen LogP contribution is -2.10. The van der Waals surface area contributed by atoms with Gasteiger partial charge in [0.05, 0.1) is 38.8 Å². The van der Waals surface area contributed by atoms with Gasteiger partial charge >= 0.3 is 0 Å². The van der Waals surface area contributed by atoms with Crippen LogP contribution in [-0.2, 0) is 0 Å². The average Bonchev–Trinajstić information content (AvgIpc) is 1.57. The summed E-state index contributed by atoms with van der Waals surface area (Å²) in [6.07, 6.45) is 0. The number of fused-ring (bicyclic) bond motifs is 17. The van der Waals surface area contributed by atoms with E-state index >= 15 is 0 Å². The van der Waals surface area contributed by atoms with Crippen molar-refractivity contribution in [2.24, 2.45) is 0 Å². The van der Waals surface area contributed by atoms with E-state index in [1.807, 2.05) is 11.3 Å². The van der Waals surface area contributed by atoms with Crippen molar-refractivity contribution in [1.82, 2.24) is 9.13 Å². The van der Waals surface area contributed by atoms with Crippen molar-refractivity contribution >= 4 is 164 Å². The van der Waals surface area contributed by atoms with Gasteiger partial charge in [0, 0.05) is 92.0 Å². The summed E-state index contributed by atoms with van der Waals surface area (Å²) in [5.41, 5.74) is 25.1. The highest BCUT2D eigenvalue weighted by Crippen LogP contribution is 2.49. The second-order valence-electron chi connectivity index (χ2n) is 29.5. The number of hydrogen-bond donors (Lipinski definition) is 0. The van der Waals surface area contributed by atoms with Gasteiger partial charge < -0.3 is 23.4 Å². The van der Waals surface area contributed by atoms with E-state index in [1.54, 1.807) is 0 Å². The summed E-state index contributed by atoms with van der Waals surface area (Å²) in [4.78, 5) is 4.80. The molecule has 0 spiro atoms. The highest BCUT2D eigenvalue weighted by molar-refractivity contribution is 7.26. The minimum atomic E-state index is 0.874. The summed E-state index contributed by atoms with van der Waals surface area (Å²) in [5, 5.41) is 17.1. The molecule has 0 fully saturated rings. The molecule has 23 rings (SSSR count). The molecule has 0 bridgehead atoms. The first kappa shape index (κ1) is 66.2. The third-order valence-corrected chi connectivity index (χ3v) is 24.1. The molecule has 0 saturated heterocycles. The molecule has 114 heavy (non-hydrogen) atoms. The predicted molar refractivity (Wildman–Crippen MR) is 485 cm³/mol. The van der Waals surface area contributed by atoms with Crippen LogP contribution in [0.2, 0.25) is 0 Å². The first-order valence-corrected chi connectivity index (χ1v) is 39.7. The van der Waals surface area contributed by atoms with E-state index in [1.165, 1.54) is 141 Å². The van der Waals surface area contributed by atoms with Gasteiger partial charge in [0.2, 0.25) is 0 Å². The Balaban J connectivity index is 0.000000140. The summed E-state index contributed by atoms with van der Waals surface area (Å²) >= 11 is 1.88. The number of nitrogens with zero attached hydrogens (tertiary/aromatic N) is 4. The molecule has 5 nitrogen and oxygen atoms in total. The zero-order valence-corrected chi connectivity index (χ0v) is 62.8. The molecule has 6 heteroatoms. The van der Waals surface area contributed by atoms with Crippen LogP contribution in [0.3, 0.4) is 0 Å². The van der Waals surface area contributed by atoms with Crippen LogP contribution in [0.15, 0.2) is 429 Å². The lowest BCUT2D eigenvalue weighted by molar-refractivity contribution is 0.672. The van der Waals surface area contributed by atoms with Crippen LogP contribution in [0.25, 0.3) is 174 Å². The van der Waals surface area contributed by atoms with Gasteiger partial charge in [0.1, 0.15) is 11.2 Å².